The van der Waals surface area contributed by atoms with Crippen LogP contribution in [0.3, 0.4) is 0 Å². The van der Waals surface area contributed by atoms with Crippen molar-refractivity contribution in [2.24, 2.45) is 4.99 Å². The molecule has 5 nitrogen and oxygen atoms in total. The third-order valence-electron chi connectivity index (χ3n) is 2.86. The number of quaternary nitrogens is 1. The molecule has 0 aliphatic carbocycles. The van der Waals surface area contributed by atoms with Gasteiger partial charge in [-0.15, -0.1) is 0 Å². The van der Waals surface area contributed by atoms with Crippen LogP contribution < -0.4 is 4.90 Å². The van der Waals surface area contributed by atoms with Crippen molar-refractivity contribution in [3.8, 4) is 0 Å². The normalized spacial score (nSPS) is 21.7. The van der Waals surface area contributed by atoms with Crippen molar-refractivity contribution in [2.75, 3.05) is 13.8 Å². The largest absolute Gasteiger partial charge is 0.272 e. The zero-order valence-electron chi connectivity index (χ0n) is 9.80. The number of fused-ring (bicyclic) bond motifs is 1. The Balaban J connectivity index is 1.87. The highest BCUT2D eigenvalue weighted by atomic mass is 19.1. The maximum atomic E-state index is 12.8. The zero-order valence-corrected chi connectivity index (χ0v) is 9.80. The van der Waals surface area contributed by atoms with Crippen LogP contribution in [0.25, 0.3) is 5.70 Å². The maximum absolute atomic E-state index is 12.8. The van der Waals surface area contributed by atoms with Crippen LogP contribution >= 0.6 is 0 Å². The molecule has 6 heteroatoms. The summed E-state index contributed by atoms with van der Waals surface area (Å²) in [6, 6.07) is 3.01. The van der Waals surface area contributed by atoms with Gasteiger partial charge in [0.05, 0.1) is 7.11 Å². The van der Waals surface area contributed by atoms with E-state index in [9.17, 15) is 4.39 Å². The topological polar surface area (TPSA) is 42.2 Å². The number of nitrogens with one attached hydrogen (secondary N) is 1. The van der Waals surface area contributed by atoms with Gasteiger partial charge in [0.15, 0.2) is 6.67 Å². The Morgan fingerprint density at radius 2 is 2.33 bits per heavy atom. The smallest absolute Gasteiger partial charge is 0.234 e. The number of halogens is 1. The van der Waals surface area contributed by atoms with Crippen LogP contribution in [0.15, 0.2) is 41.8 Å². The molecule has 0 radical (unpaired) electrons. The van der Waals surface area contributed by atoms with Crippen molar-refractivity contribution in [3.05, 3.63) is 48.3 Å². The number of rotatable bonds is 2. The molecule has 0 fully saturated rings. The molecule has 0 saturated heterocycles. The molecule has 1 aromatic rings. The lowest BCUT2D eigenvalue weighted by Crippen LogP contribution is -3.11. The Kier molecular flexibility index (Phi) is 2.66. The van der Waals surface area contributed by atoms with Crippen molar-refractivity contribution in [3.63, 3.8) is 0 Å². The average Bonchev–Trinajstić information content (AvgIpc) is 2.82. The first-order valence-electron chi connectivity index (χ1n) is 5.54. The molecule has 1 unspecified atom stereocenters. The molecule has 0 spiro atoms. The molecular weight excluding hydrogens is 235 g/mol. The molecule has 0 aromatic carbocycles. The van der Waals surface area contributed by atoms with Gasteiger partial charge in [-0.25, -0.2) is 14.9 Å². The fraction of sp³-hybridized carbons (Fsp3) is 0.167. The van der Waals surface area contributed by atoms with Gasteiger partial charge in [0.1, 0.15) is 11.9 Å². The summed E-state index contributed by atoms with van der Waals surface area (Å²) in [7, 11) is 1.62. The van der Waals surface area contributed by atoms with Crippen LogP contribution in [0.1, 0.15) is 5.56 Å². The predicted octanol–water partition coefficient (Wildman–Crippen LogP) is 0.164. The highest BCUT2D eigenvalue weighted by molar-refractivity contribution is 5.93. The first-order valence-corrected chi connectivity index (χ1v) is 5.54. The second-order valence-electron chi connectivity index (χ2n) is 3.99. The van der Waals surface area contributed by atoms with E-state index >= 15 is 0 Å². The SMILES string of the molecule is CON1C=CC2=NC(c3ccc(F)nc3)=C[NH+]2C1. The molecule has 0 saturated carbocycles. The summed E-state index contributed by atoms with van der Waals surface area (Å²) in [5.74, 6) is 0.433. The first kappa shape index (κ1) is 11.1. The van der Waals surface area contributed by atoms with Crippen LogP contribution in [0.4, 0.5) is 4.39 Å². The van der Waals surface area contributed by atoms with Gasteiger partial charge in [-0.3, -0.25) is 4.84 Å². The number of aromatic nitrogens is 1. The predicted molar refractivity (Wildman–Crippen MR) is 63.4 cm³/mol. The van der Waals surface area contributed by atoms with Crippen LogP contribution in [0, 0.1) is 5.95 Å². The maximum Gasteiger partial charge on any atom is 0.234 e. The summed E-state index contributed by atoms with van der Waals surface area (Å²) in [5, 5.41) is 1.72. The second-order valence-corrected chi connectivity index (χ2v) is 3.99. The first-order chi connectivity index (χ1) is 8.76. The Bertz CT molecular complexity index is 550. The van der Waals surface area contributed by atoms with E-state index in [1.165, 1.54) is 12.3 Å². The van der Waals surface area contributed by atoms with E-state index in [1.807, 2.05) is 18.5 Å². The zero-order chi connectivity index (χ0) is 12.5. The average molecular weight is 247 g/mol. The monoisotopic (exact) mass is 247 g/mol. The Labute approximate surface area is 103 Å². The molecule has 1 N–H and O–H groups in total. The number of hydrogen-bond acceptors (Lipinski definition) is 4. The fourth-order valence-electron chi connectivity index (χ4n) is 1.92. The van der Waals surface area contributed by atoms with Crippen LogP contribution in [0.2, 0.25) is 0 Å². The number of hydrogen-bond donors (Lipinski definition) is 1. The molecule has 0 amide bonds. The lowest BCUT2D eigenvalue weighted by Gasteiger charge is -2.23. The molecule has 3 rings (SSSR count). The molecule has 92 valence electrons. The van der Waals surface area contributed by atoms with Gasteiger partial charge in [-0.1, -0.05) is 0 Å². The van der Waals surface area contributed by atoms with E-state index < -0.39 is 5.95 Å². The summed E-state index contributed by atoms with van der Waals surface area (Å²) < 4.78 is 12.8. The Morgan fingerprint density at radius 1 is 1.44 bits per heavy atom. The summed E-state index contributed by atoms with van der Waals surface area (Å²) in [6.07, 6.45) is 7.19. The third-order valence-corrected chi connectivity index (χ3v) is 2.86. The number of amidine groups is 1. The van der Waals surface area contributed by atoms with Gasteiger partial charge in [0, 0.05) is 24.0 Å². The highest BCUT2D eigenvalue weighted by Crippen LogP contribution is 2.16. The fourth-order valence-corrected chi connectivity index (χ4v) is 1.92. The molecule has 2 aliphatic heterocycles. The Hall–Kier alpha value is -2.05. The van der Waals surface area contributed by atoms with Crippen LogP contribution in [-0.4, -0.2) is 29.7 Å². The molecule has 18 heavy (non-hydrogen) atoms. The van der Waals surface area contributed by atoms with E-state index in [0.29, 0.717) is 6.67 Å². The van der Waals surface area contributed by atoms with Gasteiger partial charge >= 0.3 is 0 Å². The summed E-state index contributed by atoms with van der Waals surface area (Å²) in [4.78, 5) is 14.3. The molecule has 3 heterocycles. The summed E-state index contributed by atoms with van der Waals surface area (Å²) in [6.45, 7) is 0.657. The molecule has 0 bridgehead atoms. The van der Waals surface area contributed by atoms with Crippen LogP contribution in [0.5, 0.6) is 0 Å². The van der Waals surface area contributed by atoms with Crippen molar-refractivity contribution < 1.29 is 14.1 Å². The lowest BCUT2D eigenvalue weighted by molar-refractivity contribution is -0.766. The van der Waals surface area contributed by atoms with Gasteiger partial charge in [-0.05, 0) is 12.1 Å². The van der Waals surface area contributed by atoms with Crippen LogP contribution in [-0.2, 0) is 4.84 Å². The van der Waals surface area contributed by atoms with Crippen molar-refractivity contribution in [2.45, 2.75) is 0 Å². The van der Waals surface area contributed by atoms with E-state index in [4.69, 9.17) is 4.84 Å². The minimum atomic E-state index is -0.486. The van der Waals surface area contributed by atoms with Gasteiger partial charge in [0.2, 0.25) is 11.8 Å². The standard InChI is InChI=1S/C12H11FN4O/c1-18-17-5-4-12-15-10(7-16(12)8-17)9-2-3-11(13)14-6-9/h2-7H,8H2,1H3/p+1. The van der Waals surface area contributed by atoms with E-state index in [-0.39, 0.29) is 0 Å². The third kappa shape index (κ3) is 1.92. The van der Waals surface area contributed by atoms with E-state index in [0.717, 1.165) is 22.0 Å². The molecular formula is C12H12FN4O+. The number of pyridine rings is 1. The van der Waals surface area contributed by atoms with Gasteiger partial charge in [0.25, 0.3) is 0 Å². The Morgan fingerprint density at radius 3 is 3.06 bits per heavy atom. The summed E-state index contributed by atoms with van der Waals surface area (Å²) in [5.41, 5.74) is 1.61. The molecule has 1 atom stereocenters. The quantitative estimate of drug-likeness (QED) is 0.757. The van der Waals surface area contributed by atoms with E-state index in [1.54, 1.807) is 18.2 Å². The highest BCUT2D eigenvalue weighted by Gasteiger charge is 2.27. The number of nitrogens with zero attached hydrogens (tertiary/aromatic N) is 3. The van der Waals surface area contributed by atoms with Crippen molar-refractivity contribution in [1.29, 1.82) is 0 Å². The van der Waals surface area contributed by atoms with Gasteiger partial charge < -0.3 is 0 Å². The number of aliphatic imine (C=N–C) groups is 1. The van der Waals surface area contributed by atoms with Gasteiger partial charge in [-0.2, -0.15) is 9.38 Å². The minimum absolute atomic E-state index is 0.486. The van der Waals surface area contributed by atoms with Crippen molar-refractivity contribution in [1.82, 2.24) is 10.0 Å². The molecule has 2 aliphatic rings. The molecule has 1 aromatic heterocycles. The number of hydroxylamine groups is 2. The minimum Gasteiger partial charge on any atom is -0.272 e. The van der Waals surface area contributed by atoms with Crippen molar-refractivity contribution >= 4 is 11.5 Å². The van der Waals surface area contributed by atoms with E-state index in [2.05, 4.69) is 9.98 Å². The second kappa shape index (κ2) is 4.32. The summed E-state index contributed by atoms with van der Waals surface area (Å²) >= 11 is 0. The lowest BCUT2D eigenvalue weighted by atomic mass is 10.2.